The number of amides is 1. The first kappa shape index (κ1) is 23.2. The number of aliphatic hydroxyl groups excluding tert-OH is 1. The number of hydrogen-bond acceptors (Lipinski definition) is 8. The lowest BCUT2D eigenvalue weighted by Gasteiger charge is -2.23. The molecule has 4 heterocycles. The molecule has 8 nitrogen and oxygen atoms in total. The number of Topliss-reactive ketones (excluding diaryl/α,β-unsaturated/α-hetero) is 1. The number of benzene rings is 2. The van der Waals surface area contributed by atoms with Crippen LogP contribution in [0.2, 0.25) is 5.02 Å². The van der Waals surface area contributed by atoms with Crippen molar-refractivity contribution in [1.82, 2.24) is 9.97 Å². The summed E-state index contributed by atoms with van der Waals surface area (Å²) in [5.74, 6) is -1.35. The summed E-state index contributed by atoms with van der Waals surface area (Å²) in [6, 6.07) is 14.5. The van der Waals surface area contributed by atoms with E-state index in [1.807, 2.05) is 13.0 Å². The molecule has 5 aromatic rings. The minimum Gasteiger partial charge on any atom is -0.503 e. The number of rotatable bonds is 6. The second kappa shape index (κ2) is 9.02. The number of hydrogen-bond donors (Lipinski definition) is 1. The van der Waals surface area contributed by atoms with Crippen molar-refractivity contribution < 1.29 is 23.8 Å². The second-order valence-corrected chi connectivity index (χ2v) is 9.75. The van der Waals surface area contributed by atoms with Crippen LogP contribution in [0.15, 0.2) is 82.7 Å². The molecule has 1 amide bonds. The molecule has 1 atom stereocenters. The molecule has 0 spiro atoms. The molecule has 3 aromatic heterocycles. The van der Waals surface area contributed by atoms with E-state index >= 15 is 0 Å². The minimum atomic E-state index is -0.961. The van der Waals surface area contributed by atoms with Gasteiger partial charge in [0.05, 0.1) is 28.4 Å². The lowest BCUT2D eigenvalue weighted by atomic mass is 9.96. The molecule has 1 unspecified atom stereocenters. The Kier molecular flexibility index (Phi) is 5.66. The Morgan fingerprint density at radius 1 is 1.22 bits per heavy atom. The van der Waals surface area contributed by atoms with Gasteiger partial charge in [-0.1, -0.05) is 29.0 Å². The summed E-state index contributed by atoms with van der Waals surface area (Å²) in [5.41, 5.74) is 1.55. The number of halogens is 1. The van der Waals surface area contributed by atoms with Crippen LogP contribution in [0.3, 0.4) is 0 Å². The van der Waals surface area contributed by atoms with Gasteiger partial charge in [-0.25, -0.2) is 4.98 Å². The van der Waals surface area contributed by atoms with Crippen LogP contribution in [-0.2, 0) is 4.79 Å². The monoisotopic (exact) mass is 531 g/mol. The zero-order chi connectivity index (χ0) is 25.7. The molecule has 1 aliphatic heterocycles. The first-order valence-electron chi connectivity index (χ1n) is 11.4. The number of fused-ring (bicyclic) bond motifs is 2. The molecule has 0 bridgehead atoms. The molecule has 184 valence electrons. The Labute approximate surface area is 219 Å². The third-order valence-electron chi connectivity index (χ3n) is 6.02. The maximum absolute atomic E-state index is 13.7. The molecule has 1 N–H and O–H groups in total. The summed E-state index contributed by atoms with van der Waals surface area (Å²) in [5, 5.41) is 12.5. The van der Waals surface area contributed by atoms with Crippen LogP contribution in [0.25, 0.3) is 21.2 Å². The Balaban J connectivity index is 1.47. The Hall–Kier alpha value is -4.21. The molecule has 37 heavy (non-hydrogen) atoms. The highest BCUT2D eigenvalue weighted by atomic mass is 35.5. The van der Waals surface area contributed by atoms with Crippen LogP contribution in [0, 0.1) is 0 Å². The topological polar surface area (TPSA) is 106 Å². The van der Waals surface area contributed by atoms with Crippen LogP contribution in [0.4, 0.5) is 5.13 Å². The standard InChI is InChI=1S/C27H18ClN3O5S/c1-2-35-17-6-7-18-21(12-17)37-27(30-18)31-23(14-4-3-9-29-13-14)22(25(33)26(31)34)24(32)20-11-15-10-16(28)5-8-19(15)36-20/h3-13,23,33H,2H2,1H3. The SMILES string of the molecule is CCOc1ccc2nc(N3C(=O)C(O)=C(C(=O)c4cc5cc(Cl)ccc5o4)C3c3cccnc3)sc2c1. The summed E-state index contributed by atoms with van der Waals surface area (Å²) in [6.07, 6.45) is 3.14. The third-order valence-corrected chi connectivity index (χ3v) is 7.27. The third kappa shape index (κ3) is 3.92. The predicted octanol–water partition coefficient (Wildman–Crippen LogP) is 6.27. The van der Waals surface area contributed by atoms with Crippen LogP contribution in [-0.4, -0.2) is 33.4 Å². The molecule has 0 saturated carbocycles. The van der Waals surface area contributed by atoms with Crippen molar-refractivity contribution in [1.29, 1.82) is 0 Å². The zero-order valence-corrected chi connectivity index (χ0v) is 20.9. The van der Waals surface area contributed by atoms with Gasteiger partial charge in [-0.3, -0.25) is 19.5 Å². The maximum atomic E-state index is 13.7. The fraction of sp³-hybridized carbons (Fsp3) is 0.111. The van der Waals surface area contributed by atoms with E-state index < -0.39 is 23.5 Å². The number of aliphatic hydroxyl groups is 1. The molecule has 0 aliphatic carbocycles. The number of carbonyl (C=O) groups excluding carboxylic acids is 2. The second-order valence-electron chi connectivity index (χ2n) is 8.31. The molecule has 0 fully saturated rings. The molecule has 1 aliphatic rings. The van der Waals surface area contributed by atoms with Gasteiger partial charge in [0.1, 0.15) is 11.3 Å². The van der Waals surface area contributed by atoms with Gasteiger partial charge in [0.25, 0.3) is 5.91 Å². The van der Waals surface area contributed by atoms with E-state index in [4.69, 9.17) is 20.8 Å². The van der Waals surface area contributed by atoms with Gasteiger partial charge < -0.3 is 14.3 Å². The number of carbonyl (C=O) groups is 2. The van der Waals surface area contributed by atoms with E-state index in [9.17, 15) is 14.7 Å². The van der Waals surface area contributed by atoms with Crippen molar-refractivity contribution in [2.75, 3.05) is 11.5 Å². The number of pyridine rings is 1. The van der Waals surface area contributed by atoms with E-state index in [0.717, 1.165) is 4.70 Å². The minimum absolute atomic E-state index is 0.0204. The van der Waals surface area contributed by atoms with E-state index in [0.29, 0.717) is 44.6 Å². The van der Waals surface area contributed by atoms with Gasteiger partial charge in [0, 0.05) is 22.8 Å². The summed E-state index contributed by atoms with van der Waals surface area (Å²) >= 11 is 7.34. The van der Waals surface area contributed by atoms with Gasteiger partial charge in [0.15, 0.2) is 16.7 Å². The number of thiazole rings is 1. The quantitative estimate of drug-likeness (QED) is 0.257. The number of furan rings is 1. The first-order chi connectivity index (χ1) is 17.9. The van der Waals surface area contributed by atoms with Gasteiger partial charge in [-0.15, -0.1) is 0 Å². The maximum Gasteiger partial charge on any atom is 0.296 e. The van der Waals surface area contributed by atoms with Gasteiger partial charge in [-0.2, -0.15) is 0 Å². The molecule has 0 saturated heterocycles. The average Bonchev–Trinajstić information content (AvgIpc) is 3.58. The predicted molar refractivity (Wildman–Crippen MR) is 140 cm³/mol. The summed E-state index contributed by atoms with van der Waals surface area (Å²) in [4.78, 5) is 37.3. The van der Waals surface area contributed by atoms with Crippen molar-refractivity contribution in [3.8, 4) is 5.75 Å². The van der Waals surface area contributed by atoms with Crippen molar-refractivity contribution >= 4 is 60.9 Å². The van der Waals surface area contributed by atoms with E-state index in [2.05, 4.69) is 9.97 Å². The first-order valence-corrected chi connectivity index (χ1v) is 12.6. The average molecular weight is 532 g/mol. The van der Waals surface area contributed by atoms with Crippen LogP contribution >= 0.6 is 22.9 Å². The largest absolute Gasteiger partial charge is 0.503 e. The normalized spacial score (nSPS) is 15.8. The summed E-state index contributed by atoms with van der Waals surface area (Å²) < 4.78 is 12.1. The highest BCUT2D eigenvalue weighted by Crippen LogP contribution is 2.44. The van der Waals surface area contributed by atoms with Gasteiger partial charge in [0.2, 0.25) is 5.78 Å². The van der Waals surface area contributed by atoms with Crippen molar-refractivity contribution in [3.63, 3.8) is 0 Å². The lowest BCUT2D eigenvalue weighted by Crippen LogP contribution is -2.31. The van der Waals surface area contributed by atoms with Crippen LogP contribution in [0.1, 0.15) is 29.1 Å². The van der Waals surface area contributed by atoms with Gasteiger partial charge >= 0.3 is 0 Å². The molecule has 0 radical (unpaired) electrons. The highest BCUT2D eigenvalue weighted by molar-refractivity contribution is 7.22. The fourth-order valence-electron chi connectivity index (χ4n) is 4.40. The number of aromatic nitrogens is 2. The molecular weight excluding hydrogens is 514 g/mol. The number of nitrogens with zero attached hydrogens (tertiary/aromatic N) is 3. The van der Waals surface area contributed by atoms with Crippen molar-refractivity contribution in [3.05, 3.63) is 94.7 Å². The lowest BCUT2D eigenvalue weighted by molar-refractivity contribution is -0.117. The van der Waals surface area contributed by atoms with Crippen LogP contribution in [0.5, 0.6) is 5.75 Å². The number of ether oxygens (including phenoxy) is 1. The van der Waals surface area contributed by atoms with Crippen molar-refractivity contribution in [2.45, 2.75) is 13.0 Å². The molecule has 10 heteroatoms. The molecule has 2 aromatic carbocycles. The van der Waals surface area contributed by atoms with E-state index in [-0.39, 0.29) is 11.3 Å². The Morgan fingerprint density at radius 2 is 2.08 bits per heavy atom. The molecular formula is C27H18ClN3O5S. The summed E-state index contributed by atoms with van der Waals surface area (Å²) in [6.45, 7) is 2.41. The number of ketones is 1. The summed E-state index contributed by atoms with van der Waals surface area (Å²) in [7, 11) is 0. The zero-order valence-electron chi connectivity index (χ0n) is 19.3. The number of anilines is 1. The molecule has 6 rings (SSSR count). The Bertz CT molecular complexity index is 1730. The van der Waals surface area contributed by atoms with Crippen LogP contribution < -0.4 is 9.64 Å². The highest BCUT2D eigenvalue weighted by Gasteiger charge is 2.46. The fourth-order valence-corrected chi connectivity index (χ4v) is 5.60. The Morgan fingerprint density at radius 3 is 2.86 bits per heavy atom. The smallest absolute Gasteiger partial charge is 0.296 e. The van der Waals surface area contributed by atoms with E-state index in [1.54, 1.807) is 60.9 Å². The van der Waals surface area contributed by atoms with Gasteiger partial charge in [-0.05, 0) is 61.0 Å². The van der Waals surface area contributed by atoms with Crippen molar-refractivity contribution in [2.24, 2.45) is 0 Å². The van der Waals surface area contributed by atoms with E-state index in [1.165, 1.54) is 16.2 Å².